The summed E-state index contributed by atoms with van der Waals surface area (Å²) in [5.74, 6) is -1.50. The molecule has 0 N–H and O–H groups in total. The van der Waals surface area contributed by atoms with Crippen molar-refractivity contribution in [3.05, 3.63) is 100 Å². The zero-order valence-electron chi connectivity index (χ0n) is 26.5. The molecule has 13 heteroatoms. The molecular weight excluding hydrogens is 604 g/mol. The van der Waals surface area contributed by atoms with Crippen LogP contribution in [0.5, 0.6) is 0 Å². The lowest BCUT2D eigenvalue weighted by atomic mass is 9.99. The number of piperazine rings is 1. The Bertz CT molecular complexity index is 2140. The molecule has 0 radical (unpaired) electrons. The van der Waals surface area contributed by atoms with E-state index in [1.165, 1.54) is 22.8 Å². The number of anilines is 1. The Morgan fingerprint density at radius 3 is 2.64 bits per heavy atom. The minimum atomic E-state index is -0.773. The van der Waals surface area contributed by atoms with Crippen molar-refractivity contribution in [2.45, 2.75) is 58.7 Å². The minimum Gasteiger partial charge on any atom is -0.349 e. The number of aromatic nitrogens is 7. The number of halogens is 2. The fourth-order valence-electron chi connectivity index (χ4n) is 6.75. The smallest absolute Gasteiger partial charge is 0.349 e. The van der Waals surface area contributed by atoms with Gasteiger partial charge in [-0.15, -0.1) is 5.10 Å². The average molecular weight is 638 g/mol. The molecule has 0 unspecified atom stereocenters. The van der Waals surface area contributed by atoms with Crippen molar-refractivity contribution >= 4 is 22.8 Å². The Labute approximate surface area is 269 Å². The number of carbonyl (C=O) groups excluding carboxylic acids is 1. The number of benzene rings is 1. The summed E-state index contributed by atoms with van der Waals surface area (Å²) in [7, 11) is 0. The van der Waals surface area contributed by atoms with Gasteiger partial charge in [0.2, 0.25) is 5.91 Å². The summed E-state index contributed by atoms with van der Waals surface area (Å²) in [5, 5.41) is 8.64. The normalized spacial score (nSPS) is 17.6. The maximum atomic E-state index is 16.4. The molecule has 0 aliphatic carbocycles. The van der Waals surface area contributed by atoms with Crippen molar-refractivity contribution in [1.29, 1.82) is 0 Å². The van der Waals surface area contributed by atoms with Gasteiger partial charge in [0.15, 0.2) is 5.65 Å². The van der Waals surface area contributed by atoms with Crippen LogP contribution in [0.2, 0.25) is 0 Å². The van der Waals surface area contributed by atoms with Crippen molar-refractivity contribution in [3.63, 3.8) is 0 Å². The second-order valence-electron chi connectivity index (χ2n) is 12.5. The van der Waals surface area contributed by atoms with Crippen LogP contribution in [0, 0.1) is 11.6 Å². The van der Waals surface area contributed by atoms with Gasteiger partial charge in [0.1, 0.15) is 23.1 Å². The van der Waals surface area contributed by atoms with Crippen molar-refractivity contribution in [3.8, 4) is 16.9 Å². The first kappa shape index (κ1) is 30.3. The molecule has 1 aromatic carbocycles. The maximum Gasteiger partial charge on any atom is 0.355 e. The predicted octanol–water partition coefficient (Wildman–Crippen LogP) is 4.40. The number of rotatable bonds is 3. The number of hydrogen-bond donors (Lipinski definition) is 0. The lowest BCUT2D eigenvalue weighted by Crippen LogP contribution is -2.58. The average Bonchev–Trinajstić information content (AvgIpc) is 3.47. The van der Waals surface area contributed by atoms with Crippen LogP contribution in [0.3, 0.4) is 0 Å². The number of nitrogens with zero attached hydrogens (tertiary/aromatic N) is 9. The molecule has 1 amide bonds. The van der Waals surface area contributed by atoms with Crippen LogP contribution in [-0.4, -0.2) is 70.5 Å². The van der Waals surface area contributed by atoms with E-state index in [9.17, 15) is 9.59 Å². The van der Waals surface area contributed by atoms with E-state index in [4.69, 9.17) is 4.98 Å². The molecule has 6 heterocycles. The monoisotopic (exact) mass is 637 g/mol. The lowest BCUT2D eigenvalue weighted by molar-refractivity contribution is -0.128. The Morgan fingerprint density at radius 1 is 1.06 bits per heavy atom. The number of hydrogen-bond acceptors (Lipinski definition) is 8. The van der Waals surface area contributed by atoms with Crippen LogP contribution in [-0.2, 0) is 17.8 Å². The summed E-state index contributed by atoms with van der Waals surface area (Å²) < 4.78 is 35.2. The highest BCUT2D eigenvalue weighted by Gasteiger charge is 2.34. The Kier molecular flexibility index (Phi) is 7.41. The van der Waals surface area contributed by atoms with Crippen LogP contribution >= 0.6 is 0 Å². The number of pyridine rings is 2. The molecule has 0 saturated carbocycles. The van der Waals surface area contributed by atoms with Gasteiger partial charge in [-0.1, -0.05) is 37.8 Å². The van der Waals surface area contributed by atoms with E-state index in [2.05, 4.69) is 26.9 Å². The third-order valence-corrected chi connectivity index (χ3v) is 9.05. The first-order valence-electron chi connectivity index (χ1n) is 15.5. The topological polar surface area (TPSA) is 115 Å². The minimum absolute atomic E-state index is 0.0275. The molecule has 2 atom stereocenters. The molecule has 2 aliphatic heterocycles. The Morgan fingerprint density at radius 2 is 1.87 bits per heavy atom. The van der Waals surface area contributed by atoms with Crippen LogP contribution in [0.15, 0.2) is 60.2 Å². The lowest BCUT2D eigenvalue weighted by Gasteiger charge is -2.44. The van der Waals surface area contributed by atoms with Gasteiger partial charge in [0.25, 0.3) is 0 Å². The molecule has 7 rings (SSSR count). The van der Waals surface area contributed by atoms with Gasteiger partial charge in [0, 0.05) is 43.4 Å². The molecule has 5 aromatic rings. The van der Waals surface area contributed by atoms with Crippen molar-refractivity contribution in [2.75, 3.05) is 18.0 Å². The molecule has 1 fully saturated rings. The second kappa shape index (κ2) is 11.5. The summed E-state index contributed by atoms with van der Waals surface area (Å²) in [6, 6.07) is 7.10. The van der Waals surface area contributed by atoms with E-state index in [1.807, 2.05) is 38.7 Å². The summed E-state index contributed by atoms with van der Waals surface area (Å²) >= 11 is 0. The standard InChI is InChI=1S/C34H33F2N9O2/c1-6-27(46)42-15-20(5)43(16-19(42)4)32-24-13-26(36)30-28-22(8-7-9-25(28)35)17-44-23(14-38-41-44)12-21-10-11-37-29(18(2)3)31(21)45(33(24)39-30)34(47)40-32/h6-11,13-14,18-20H,1,12,15-17H2,2-5H3/t19-,20+/m1/s1. The number of carbonyl (C=O) groups is 1. The molecule has 4 aromatic heterocycles. The van der Waals surface area contributed by atoms with Gasteiger partial charge >= 0.3 is 5.69 Å². The van der Waals surface area contributed by atoms with E-state index in [1.54, 1.807) is 34.1 Å². The van der Waals surface area contributed by atoms with E-state index in [0.717, 1.165) is 5.56 Å². The van der Waals surface area contributed by atoms with E-state index in [0.29, 0.717) is 42.1 Å². The van der Waals surface area contributed by atoms with Crippen molar-refractivity contribution in [1.82, 2.24) is 39.4 Å². The fraction of sp³-hybridized carbons (Fsp3) is 0.324. The van der Waals surface area contributed by atoms with Gasteiger partial charge in [-0.25, -0.2) is 27.8 Å². The quantitative estimate of drug-likeness (QED) is 0.263. The molecule has 11 nitrogen and oxygen atoms in total. The fourth-order valence-corrected chi connectivity index (χ4v) is 6.75. The molecule has 0 spiro atoms. The molecule has 1 saturated heterocycles. The Balaban J connectivity index is 1.58. The summed E-state index contributed by atoms with van der Waals surface area (Å²) in [6.07, 6.45) is 4.93. The van der Waals surface area contributed by atoms with Crippen LogP contribution in [0.4, 0.5) is 14.6 Å². The van der Waals surface area contributed by atoms with Gasteiger partial charge < -0.3 is 9.80 Å². The summed E-state index contributed by atoms with van der Waals surface area (Å²) in [6.45, 7) is 12.2. The largest absolute Gasteiger partial charge is 0.355 e. The first-order chi connectivity index (χ1) is 22.6. The third kappa shape index (κ3) is 4.97. The second-order valence-corrected chi connectivity index (χ2v) is 12.5. The van der Waals surface area contributed by atoms with E-state index < -0.39 is 17.3 Å². The zero-order valence-corrected chi connectivity index (χ0v) is 26.5. The maximum absolute atomic E-state index is 16.4. The van der Waals surface area contributed by atoms with Crippen LogP contribution < -0.4 is 10.6 Å². The zero-order chi connectivity index (χ0) is 33.1. The molecule has 2 aliphatic rings. The van der Waals surface area contributed by atoms with Gasteiger partial charge in [-0.3, -0.25) is 9.78 Å². The summed E-state index contributed by atoms with van der Waals surface area (Å²) in [5.41, 5.74) is 2.22. The molecule has 2 bridgehead atoms. The van der Waals surface area contributed by atoms with Crippen molar-refractivity contribution < 1.29 is 13.6 Å². The third-order valence-electron chi connectivity index (χ3n) is 9.05. The SMILES string of the molecule is C=CC(=O)N1C[C@H](C)N(c2nc(=O)n3c4nc(c(F)cc24)-c2c(F)cccc2Cn2nncc2Cc2ccnc(C(C)C)c2-3)C[C@H]1C. The highest BCUT2D eigenvalue weighted by Crippen LogP contribution is 2.36. The van der Waals surface area contributed by atoms with E-state index in [-0.39, 0.29) is 58.6 Å². The highest BCUT2D eigenvalue weighted by atomic mass is 19.1. The molecular formula is C34H33F2N9O2. The molecule has 47 heavy (non-hydrogen) atoms. The van der Waals surface area contributed by atoms with E-state index >= 15 is 8.78 Å². The number of fused-ring (bicyclic) bond motifs is 6. The number of amides is 1. The predicted molar refractivity (Wildman–Crippen MR) is 172 cm³/mol. The first-order valence-corrected chi connectivity index (χ1v) is 15.5. The Hall–Kier alpha value is -5.33. The molecule has 240 valence electrons. The van der Waals surface area contributed by atoms with Gasteiger partial charge in [-0.05, 0) is 55.2 Å². The van der Waals surface area contributed by atoms with Crippen LogP contribution in [0.1, 0.15) is 56.1 Å². The van der Waals surface area contributed by atoms with Gasteiger partial charge in [0.05, 0.1) is 35.2 Å². The highest BCUT2D eigenvalue weighted by molar-refractivity contribution is 5.91. The van der Waals surface area contributed by atoms with Crippen molar-refractivity contribution in [2.24, 2.45) is 0 Å². The van der Waals surface area contributed by atoms with Gasteiger partial charge in [-0.2, -0.15) is 4.98 Å². The summed E-state index contributed by atoms with van der Waals surface area (Å²) in [4.78, 5) is 44.6. The van der Waals surface area contributed by atoms with Crippen LogP contribution in [0.25, 0.3) is 28.0 Å².